The Morgan fingerprint density at radius 3 is 2.48 bits per heavy atom. The molecule has 7 heteroatoms. The van der Waals surface area contributed by atoms with E-state index in [0.29, 0.717) is 32.5 Å². The molecule has 2 amide bonds. The summed E-state index contributed by atoms with van der Waals surface area (Å²) in [6, 6.07) is 10.2. The second-order valence-corrected chi connectivity index (χ2v) is 8.85. The van der Waals surface area contributed by atoms with Crippen LogP contribution in [0.5, 0.6) is 0 Å². The molecule has 0 saturated carbocycles. The third kappa shape index (κ3) is 6.28. The van der Waals surface area contributed by atoms with Crippen LogP contribution in [0.4, 0.5) is 0 Å². The van der Waals surface area contributed by atoms with Crippen molar-refractivity contribution < 1.29 is 19.1 Å². The van der Waals surface area contributed by atoms with Crippen LogP contribution in [-0.2, 0) is 25.7 Å². The van der Waals surface area contributed by atoms with E-state index in [4.69, 9.17) is 9.47 Å². The molecule has 3 heterocycles. The maximum Gasteiger partial charge on any atom is 0.227 e. The van der Waals surface area contributed by atoms with Crippen LogP contribution in [-0.4, -0.2) is 91.6 Å². The fraction of sp³-hybridized carbons (Fsp3) is 0.667. The predicted octanol–water partition coefficient (Wildman–Crippen LogP) is 1.77. The number of rotatable bonds is 7. The van der Waals surface area contributed by atoms with E-state index in [-0.39, 0.29) is 23.8 Å². The van der Waals surface area contributed by atoms with Crippen LogP contribution in [0.15, 0.2) is 30.3 Å². The summed E-state index contributed by atoms with van der Waals surface area (Å²) in [5.41, 5.74) is 1.19. The second-order valence-electron chi connectivity index (χ2n) is 8.85. The smallest absolute Gasteiger partial charge is 0.227 e. The Morgan fingerprint density at radius 1 is 1.00 bits per heavy atom. The van der Waals surface area contributed by atoms with Gasteiger partial charge < -0.3 is 19.3 Å². The molecule has 3 fully saturated rings. The van der Waals surface area contributed by atoms with Gasteiger partial charge in [-0.1, -0.05) is 30.3 Å². The highest BCUT2D eigenvalue weighted by atomic mass is 16.5. The van der Waals surface area contributed by atoms with Crippen LogP contribution in [0.3, 0.4) is 0 Å². The van der Waals surface area contributed by atoms with E-state index in [0.717, 1.165) is 58.8 Å². The van der Waals surface area contributed by atoms with Crippen LogP contribution >= 0.6 is 0 Å². The lowest BCUT2D eigenvalue weighted by molar-refractivity contribution is -0.145. The fourth-order valence-electron chi connectivity index (χ4n) is 4.71. The molecule has 1 aromatic carbocycles. The van der Waals surface area contributed by atoms with E-state index in [1.165, 1.54) is 5.56 Å². The molecule has 7 nitrogen and oxygen atoms in total. The lowest BCUT2D eigenvalue weighted by Crippen LogP contribution is -2.51. The molecular formula is C24H35N3O4. The fourth-order valence-corrected chi connectivity index (χ4v) is 4.71. The van der Waals surface area contributed by atoms with Gasteiger partial charge in [-0.05, 0) is 24.8 Å². The third-order valence-corrected chi connectivity index (χ3v) is 6.72. The summed E-state index contributed by atoms with van der Waals surface area (Å²) in [6.45, 7) is 7.62. The van der Waals surface area contributed by atoms with E-state index >= 15 is 0 Å². The molecule has 4 rings (SSSR count). The molecule has 1 unspecified atom stereocenters. The van der Waals surface area contributed by atoms with Crippen molar-refractivity contribution in [2.24, 2.45) is 5.92 Å². The topological polar surface area (TPSA) is 62.3 Å². The minimum absolute atomic E-state index is 0.0656. The quantitative estimate of drug-likeness (QED) is 0.661. The average molecular weight is 430 g/mol. The number of ether oxygens (including phenoxy) is 2. The Kier molecular flexibility index (Phi) is 7.94. The van der Waals surface area contributed by atoms with E-state index in [2.05, 4.69) is 17.0 Å². The number of morpholine rings is 1. The van der Waals surface area contributed by atoms with Crippen LogP contribution in [0.25, 0.3) is 0 Å². The van der Waals surface area contributed by atoms with Crippen molar-refractivity contribution in [1.29, 1.82) is 0 Å². The molecule has 0 radical (unpaired) electrons. The summed E-state index contributed by atoms with van der Waals surface area (Å²) >= 11 is 0. The first-order valence-corrected chi connectivity index (χ1v) is 11.7. The van der Waals surface area contributed by atoms with Gasteiger partial charge in [0.15, 0.2) is 0 Å². The van der Waals surface area contributed by atoms with Gasteiger partial charge in [-0.15, -0.1) is 0 Å². The van der Waals surface area contributed by atoms with Crippen molar-refractivity contribution in [2.45, 2.75) is 38.4 Å². The lowest BCUT2D eigenvalue weighted by Gasteiger charge is -2.38. The molecule has 0 N–H and O–H groups in total. The number of benzene rings is 1. The van der Waals surface area contributed by atoms with Gasteiger partial charge >= 0.3 is 0 Å². The Hall–Kier alpha value is -1.96. The summed E-state index contributed by atoms with van der Waals surface area (Å²) in [7, 11) is 0. The van der Waals surface area contributed by atoms with Crippen LogP contribution < -0.4 is 0 Å². The van der Waals surface area contributed by atoms with Gasteiger partial charge in [-0.3, -0.25) is 14.5 Å². The molecule has 31 heavy (non-hydrogen) atoms. The molecule has 1 aromatic rings. The van der Waals surface area contributed by atoms with Gasteiger partial charge in [0.2, 0.25) is 11.8 Å². The molecule has 3 saturated heterocycles. The maximum absolute atomic E-state index is 13.1. The molecule has 0 aliphatic carbocycles. The molecular weight excluding hydrogens is 394 g/mol. The summed E-state index contributed by atoms with van der Waals surface area (Å²) in [6.07, 6.45) is 3.13. The highest BCUT2D eigenvalue weighted by Gasteiger charge is 2.34. The summed E-state index contributed by atoms with van der Waals surface area (Å²) in [5.74, 6) is 0.333. The highest BCUT2D eigenvalue weighted by molar-refractivity contribution is 5.84. The first-order chi connectivity index (χ1) is 15.2. The van der Waals surface area contributed by atoms with Crippen LogP contribution in [0, 0.1) is 5.92 Å². The first-order valence-electron chi connectivity index (χ1n) is 11.7. The first kappa shape index (κ1) is 22.2. The van der Waals surface area contributed by atoms with Gasteiger partial charge in [0, 0.05) is 52.2 Å². The molecule has 0 spiro atoms. The Morgan fingerprint density at radius 2 is 1.74 bits per heavy atom. The Labute approximate surface area is 185 Å². The minimum Gasteiger partial charge on any atom is -0.379 e. The molecule has 3 aliphatic heterocycles. The van der Waals surface area contributed by atoms with Crippen LogP contribution in [0.1, 0.15) is 31.2 Å². The number of carbonyl (C=O) groups excluding carboxylic acids is 2. The standard InChI is InChI=1S/C24H35N3O4/c28-23-7-6-21(18-27(23)13-12-25-14-16-30-17-15-25)24(29)26-10-8-22(9-11-26)31-19-20-4-2-1-3-5-20/h1-5,21-22H,6-19H2. The summed E-state index contributed by atoms with van der Waals surface area (Å²) in [5, 5.41) is 0. The van der Waals surface area contributed by atoms with Crippen molar-refractivity contribution in [3.8, 4) is 0 Å². The normalized spacial score (nSPS) is 23.9. The average Bonchev–Trinajstić information content (AvgIpc) is 2.83. The third-order valence-electron chi connectivity index (χ3n) is 6.72. The van der Waals surface area contributed by atoms with E-state index < -0.39 is 0 Å². The molecule has 170 valence electrons. The number of likely N-dealkylation sites (tertiary alicyclic amines) is 2. The van der Waals surface area contributed by atoms with E-state index in [1.54, 1.807) is 0 Å². The second kappa shape index (κ2) is 11.1. The minimum atomic E-state index is -0.0656. The van der Waals surface area contributed by atoms with Crippen molar-refractivity contribution in [3.05, 3.63) is 35.9 Å². The SMILES string of the molecule is O=C1CCC(C(=O)N2CCC(OCc3ccccc3)CC2)CN1CCN1CCOCC1. The van der Waals surface area contributed by atoms with Crippen molar-refractivity contribution in [2.75, 3.05) is 59.0 Å². The molecule has 1 atom stereocenters. The zero-order chi connectivity index (χ0) is 21.5. The Balaban J connectivity index is 1.20. The summed E-state index contributed by atoms with van der Waals surface area (Å²) < 4.78 is 11.5. The summed E-state index contributed by atoms with van der Waals surface area (Å²) in [4.78, 5) is 31.7. The van der Waals surface area contributed by atoms with Crippen molar-refractivity contribution in [1.82, 2.24) is 14.7 Å². The van der Waals surface area contributed by atoms with E-state index in [9.17, 15) is 9.59 Å². The van der Waals surface area contributed by atoms with Gasteiger partial charge in [0.1, 0.15) is 0 Å². The number of amides is 2. The van der Waals surface area contributed by atoms with E-state index in [1.807, 2.05) is 28.0 Å². The highest BCUT2D eigenvalue weighted by Crippen LogP contribution is 2.23. The number of hydrogen-bond donors (Lipinski definition) is 0. The maximum atomic E-state index is 13.1. The predicted molar refractivity (Wildman–Crippen MR) is 117 cm³/mol. The zero-order valence-electron chi connectivity index (χ0n) is 18.4. The van der Waals surface area contributed by atoms with Gasteiger partial charge in [0.25, 0.3) is 0 Å². The molecule has 3 aliphatic rings. The largest absolute Gasteiger partial charge is 0.379 e. The lowest BCUT2D eigenvalue weighted by atomic mass is 9.94. The van der Waals surface area contributed by atoms with Crippen molar-refractivity contribution >= 4 is 11.8 Å². The molecule has 0 aromatic heterocycles. The van der Waals surface area contributed by atoms with Gasteiger partial charge in [-0.25, -0.2) is 0 Å². The Bertz CT molecular complexity index is 715. The number of nitrogens with zero attached hydrogens (tertiary/aromatic N) is 3. The number of hydrogen-bond acceptors (Lipinski definition) is 5. The van der Waals surface area contributed by atoms with Gasteiger partial charge in [0.05, 0.1) is 31.8 Å². The number of carbonyl (C=O) groups is 2. The van der Waals surface area contributed by atoms with Crippen molar-refractivity contribution in [3.63, 3.8) is 0 Å². The van der Waals surface area contributed by atoms with Gasteiger partial charge in [-0.2, -0.15) is 0 Å². The number of piperidine rings is 2. The monoisotopic (exact) mass is 429 g/mol. The zero-order valence-corrected chi connectivity index (χ0v) is 18.4. The molecule has 0 bridgehead atoms. The van der Waals surface area contributed by atoms with Crippen LogP contribution in [0.2, 0.25) is 0 Å².